The Labute approximate surface area is 364 Å². The minimum atomic E-state index is -0.876. The van der Waals surface area contributed by atoms with Crippen LogP contribution in [-0.2, 0) is 28.6 Å². The second-order valence-corrected chi connectivity index (χ2v) is 17.7. The zero-order chi connectivity index (χ0) is 43.5. The van der Waals surface area contributed by atoms with E-state index >= 15 is 0 Å². The molecule has 8 nitrogen and oxygen atoms in total. The van der Waals surface area contributed by atoms with Gasteiger partial charge in [-0.25, -0.2) is 4.79 Å². The van der Waals surface area contributed by atoms with E-state index in [4.69, 9.17) is 14.2 Å². The van der Waals surface area contributed by atoms with Gasteiger partial charge in [-0.05, 0) is 70.6 Å². The monoisotopic (exact) mass is 833 g/mol. The number of ether oxygens (including phenoxy) is 3. The van der Waals surface area contributed by atoms with Crippen LogP contribution < -0.4 is 0 Å². The fraction of sp³-hybridized carbons (Fsp3) is 0.824. The molecule has 0 fully saturated rings. The highest BCUT2D eigenvalue weighted by atomic mass is 16.6. The number of unbranched alkanes of at least 4 members (excludes halogenated alkanes) is 24. The van der Waals surface area contributed by atoms with Gasteiger partial charge in [-0.2, -0.15) is 0 Å². The van der Waals surface area contributed by atoms with Crippen LogP contribution in [-0.4, -0.2) is 80.6 Å². The van der Waals surface area contributed by atoms with Crippen molar-refractivity contribution >= 4 is 17.9 Å². The first-order chi connectivity index (χ1) is 28.6. The lowest BCUT2D eigenvalue weighted by atomic mass is 10.1. The average Bonchev–Trinajstić information content (AvgIpc) is 3.19. The molecule has 0 aromatic rings. The van der Waals surface area contributed by atoms with E-state index in [1.807, 2.05) is 21.1 Å². The average molecular weight is 833 g/mol. The van der Waals surface area contributed by atoms with Gasteiger partial charge in [0, 0.05) is 19.3 Å². The minimum Gasteiger partial charge on any atom is -0.477 e. The summed E-state index contributed by atoms with van der Waals surface area (Å²) in [6, 6.07) is -0.616. The normalized spacial score (nSPS) is 13.2. The van der Waals surface area contributed by atoms with Crippen molar-refractivity contribution in [3.8, 4) is 0 Å². The molecule has 0 amide bonds. The molecule has 59 heavy (non-hydrogen) atoms. The van der Waals surface area contributed by atoms with E-state index in [-0.39, 0.29) is 36.2 Å². The molecule has 0 heterocycles. The van der Waals surface area contributed by atoms with Crippen molar-refractivity contribution in [3.05, 3.63) is 36.5 Å². The molecule has 2 unspecified atom stereocenters. The van der Waals surface area contributed by atoms with E-state index in [2.05, 4.69) is 50.3 Å². The number of carboxylic acids is 1. The van der Waals surface area contributed by atoms with Gasteiger partial charge in [-0.1, -0.05) is 166 Å². The zero-order valence-electron chi connectivity index (χ0n) is 39.2. The molecule has 0 radical (unpaired) electrons. The second-order valence-electron chi connectivity index (χ2n) is 17.7. The minimum absolute atomic E-state index is 0.0549. The summed E-state index contributed by atoms with van der Waals surface area (Å²) in [7, 11) is 5.53. The number of quaternary nitrogens is 1. The molecule has 0 saturated carbocycles. The van der Waals surface area contributed by atoms with E-state index in [1.165, 1.54) is 135 Å². The topological polar surface area (TPSA) is 99.1 Å². The molecule has 1 N–H and O–H groups in total. The number of likely N-dealkylation sites (N-methyl/N-ethyl adjacent to an activating group) is 1. The van der Waals surface area contributed by atoms with Crippen molar-refractivity contribution in [2.75, 3.05) is 41.0 Å². The maximum atomic E-state index is 12.8. The number of hydrogen-bond donors (Lipinski definition) is 1. The molecule has 0 aliphatic carbocycles. The van der Waals surface area contributed by atoms with Gasteiger partial charge in [0.1, 0.15) is 6.61 Å². The molecular weight excluding hydrogens is 739 g/mol. The molecule has 0 aromatic carbocycles. The molecule has 0 spiro atoms. The molecule has 0 saturated heterocycles. The summed E-state index contributed by atoms with van der Waals surface area (Å²) in [4.78, 5) is 37.1. The predicted octanol–water partition coefficient (Wildman–Crippen LogP) is 13.8. The van der Waals surface area contributed by atoms with Gasteiger partial charge < -0.3 is 23.8 Å². The Morgan fingerprint density at radius 1 is 0.508 bits per heavy atom. The largest absolute Gasteiger partial charge is 0.477 e. The smallest absolute Gasteiger partial charge is 0.362 e. The first-order valence-electron chi connectivity index (χ1n) is 24.5. The number of rotatable bonds is 44. The van der Waals surface area contributed by atoms with Gasteiger partial charge in [0.2, 0.25) is 0 Å². The number of esters is 2. The number of aliphatic carboxylic acids is 1. The van der Waals surface area contributed by atoms with E-state index < -0.39 is 18.1 Å². The lowest BCUT2D eigenvalue weighted by molar-refractivity contribution is -0.887. The lowest BCUT2D eigenvalue weighted by Crippen LogP contribution is -2.50. The van der Waals surface area contributed by atoms with Crippen LogP contribution in [0.1, 0.15) is 219 Å². The van der Waals surface area contributed by atoms with E-state index in [9.17, 15) is 19.5 Å². The molecule has 8 heteroatoms. The highest BCUT2D eigenvalue weighted by molar-refractivity contribution is 5.72. The van der Waals surface area contributed by atoms with Gasteiger partial charge in [0.15, 0.2) is 12.1 Å². The molecule has 0 bridgehead atoms. The summed E-state index contributed by atoms with van der Waals surface area (Å²) in [5.74, 6) is -1.47. The number of allylic oxidation sites excluding steroid dienone is 6. The summed E-state index contributed by atoms with van der Waals surface area (Å²) in [5, 5.41) is 9.64. The Morgan fingerprint density at radius 2 is 0.898 bits per heavy atom. The maximum Gasteiger partial charge on any atom is 0.362 e. The third-order valence-electron chi connectivity index (χ3n) is 11.0. The van der Waals surface area contributed by atoms with Crippen molar-refractivity contribution in [1.29, 1.82) is 0 Å². The summed E-state index contributed by atoms with van der Waals surface area (Å²) in [5.41, 5.74) is 0. The first-order valence-corrected chi connectivity index (χ1v) is 24.5. The number of carbonyl (C=O) groups is 3. The third-order valence-corrected chi connectivity index (χ3v) is 11.0. The van der Waals surface area contributed by atoms with Crippen LogP contribution in [0.25, 0.3) is 0 Å². The van der Waals surface area contributed by atoms with E-state index in [0.29, 0.717) is 19.3 Å². The molecule has 0 aliphatic heterocycles. The molecule has 344 valence electrons. The molecule has 0 rings (SSSR count). The van der Waals surface area contributed by atoms with Gasteiger partial charge in [0.05, 0.1) is 34.4 Å². The van der Waals surface area contributed by atoms with Crippen LogP contribution in [0.5, 0.6) is 0 Å². The van der Waals surface area contributed by atoms with Crippen molar-refractivity contribution < 1.29 is 38.2 Å². The van der Waals surface area contributed by atoms with Crippen LogP contribution in [0.4, 0.5) is 0 Å². The Morgan fingerprint density at radius 3 is 1.34 bits per heavy atom. The summed E-state index contributed by atoms with van der Waals surface area (Å²) in [6.45, 7) is 4.72. The van der Waals surface area contributed by atoms with Crippen molar-refractivity contribution in [3.63, 3.8) is 0 Å². The second kappa shape index (κ2) is 42.2. The Balaban J connectivity index is 4.30. The fourth-order valence-corrected chi connectivity index (χ4v) is 7.18. The predicted molar refractivity (Wildman–Crippen MR) is 248 cm³/mol. The highest BCUT2D eigenvalue weighted by Gasteiger charge is 2.31. The Bertz CT molecular complexity index is 1060. The van der Waals surface area contributed by atoms with Crippen LogP contribution >= 0.6 is 0 Å². The zero-order valence-corrected chi connectivity index (χ0v) is 39.2. The van der Waals surface area contributed by atoms with E-state index in [0.717, 1.165) is 51.4 Å². The Hall–Kier alpha value is -2.45. The molecule has 0 aromatic heterocycles. The van der Waals surface area contributed by atoms with Crippen LogP contribution in [0, 0.1) is 0 Å². The Kier molecular flexibility index (Phi) is 40.5. The van der Waals surface area contributed by atoms with Gasteiger partial charge in [-0.3, -0.25) is 9.59 Å². The molecule has 0 aliphatic rings. The van der Waals surface area contributed by atoms with Crippen LogP contribution in [0.2, 0.25) is 0 Å². The number of carboxylic acid groups (broad SMARTS) is 1. The van der Waals surface area contributed by atoms with Crippen LogP contribution in [0.3, 0.4) is 0 Å². The summed E-state index contributed by atoms with van der Waals surface area (Å²) in [6.07, 6.45) is 48.9. The van der Waals surface area contributed by atoms with E-state index in [1.54, 1.807) is 0 Å². The molecular formula is C51H94NO7+. The van der Waals surface area contributed by atoms with Gasteiger partial charge in [-0.15, -0.1) is 0 Å². The fourth-order valence-electron chi connectivity index (χ4n) is 7.18. The van der Waals surface area contributed by atoms with Crippen molar-refractivity contribution in [2.45, 2.75) is 231 Å². The van der Waals surface area contributed by atoms with Crippen molar-refractivity contribution in [2.24, 2.45) is 0 Å². The first kappa shape index (κ1) is 56.5. The maximum absolute atomic E-state index is 12.8. The SMILES string of the molecule is CCCCCC/C=C\C/C=C\CCCCCCCCCC(=O)OC(COCCC(C(=O)O)[N+](C)(C)C)COC(=O)CCCCCCCCC/C=C\CCCCCCCC. The summed E-state index contributed by atoms with van der Waals surface area (Å²) >= 11 is 0. The van der Waals surface area contributed by atoms with Gasteiger partial charge >= 0.3 is 17.9 Å². The van der Waals surface area contributed by atoms with Gasteiger partial charge in [0.25, 0.3) is 0 Å². The van der Waals surface area contributed by atoms with Crippen molar-refractivity contribution in [1.82, 2.24) is 0 Å². The quantitative estimate of drug-likeness (QED) is 0.0282. The lowest BCUT2D eigenvalue weighted by Gasteiger charge is -2.31. The number of carbonyl (C=O) groups excluding carboxylic acids is 2. The highest BCUT2D eigenvalue weighted by Crippen LogP contribution is 2.15. The standard InChI is InChI=1S/C51H93NO7/c1-6-8-10-12-14-16-18-20-22-24-26-28-30-32-34-36-38-40-42-50(54)59-47(45-57-44-43-48(51(55)56)52(3,4)5)46-58-49(53)41-39-37-35-33-31-29-27-25-23-21-19-17-15-13-11-9-7-2/h16,18,21-24,47-48H,6-15,17,19-20,25-46H2,1-5H3/p+1/b18-16-,23-21-,24-22-. The number of hydrogen-bond acceptors (Lipinski definition) is 6. The summed E-state index contributed by atoms with van der Waals surface area (Å²) < 4.78 is 17.3. The molecule has 2 atom stereocenters. The number of nitrogens with zero attached hydrogens (tertiary/aromatic N) is 1. The third kappa shape index (κ3) is 40.7. The van der Waals surface area contributed by atoms with Crippen LogP contribution in [0.15, 0.2) is 36.5 Å².